The van der Waals surface area contributed by atoms with Crippen LogP contribution in [0.5, 0.6) is 0 Å². The van der Waals surface area contributed by atoms with Crippen LogP contribution < -0.4 is 9.80 Å². The average molecular weight is 369 g/mol. The summed E-state index contributed by atoms with van der Waals surface area (Å²) in [4.78, 5) is 9.61. The van der Waals surface area contributed by atoms with Crippen molar-refractivity contribution in [3.8, 4) is 0 Å². The molecule has 0 radical (unpaired) electrons. The number of hydrogen-bond acceptors (Lipinski definition) is 4. The van der Waals surface area contributed by atoms with E-state index in [0.717, 1.165) is 41.5 Å². The van der Waals surface area contributed by atoms with Gasteiger partial charge in [0.15, 0.2) is 5.58 Å². The van der Waals surface area contributed by atoms with E-state index in [1.165, 1.54) is 22.5 Å². The van der Waals surface area contributed by atoms with Crippen LogP contribution in [0.4, 0.5) is 11.4 Å². The Morgan fingerprint density at radius 3 is 2.86 bits per heavy atom. The van der Waals surface area contributed by atoms with Crippen molar-refractivity contribution >= 4 is 33.4 Å². The van der Waals surface area contributed by atoms with E-state index >= 15 is 0 Å². The van der Waals surface area contributed by atoms with Gasteiger partial charge in [0.1, 0.15) is 0 Å². The maximum Gasteiger partial charge on any atom is 0.227 e. The second kappa shape index (κ2) is 5.74. The highest BCUT2D eigenvalue weighted by Crippen LogP contribution is 2.43. The van der Waals surface area contributed by atoms with Crippen molar-refractivity contribution in [2.45, 2.75) is 38.9 Å². The van der Waals surface area contributed by atoms with E-state index in [0.29, 0.717) is 6.04 Å². The highest BCUT2D eigenvalue weighted by Gasteiger charge is 2.39. The first-order valence-corrected chi connectivity index (χ1v) is 10.1. The Bertz CT molecular complexity index is 1210. The van der Waals surface area contributed by atoms with E-state index in [1.54, 1.807) is 6.20 Å². The van der Waals surface area contributed by atoms with Gasteiger partial charge in [-0.05, 0) is 56.0 Å². The summed E-state index contributed by atoms with van der Waals surface area (Å²) in [7, 11) is 0. The Hall–Kier alpha value is -3.01. The first kappa shape index (κ1) is 16.0. The first-order chi connectivity index (χ1) is 13.7. The first-order valence-electron chi connectivity index (χ1n) is 10.1. The summed E-state index contributed by atoms with van der Waals surface area (Å²) in [6, 6.07) is 17.8. The number of nitrogens with zero attached hydrogens (tertiary/aromatic N) is 3. The number of pyridine rings is 1. The smallest absolute Gasteiger partial charge is 0.227 e. The maximum atomic E-state index is 6.32. The number of furan rings is 1. The lowest BCUT2D eigenvalue weighted by Crippen LogP contribution is -2.56. The van der Waals surface area contributed by atoms with Gasteiger partial charge in [-0.15, -0.1) is 0 Å². The monoisotopic (exact) mass is 369 g/mol. The van der Waals surface area contributed by atoms with Gasteiger partial charge < -0.3 is 14.2 Å². The second-order valence-electron chi connectivity index (χ2n) is 8.07. The van der Waals surface area contributed by atoms with Crippen LogP contribution in [0.15, 0.2) is 59.1 Å². The number of hydrogen-bond donors (Lipinski definition) is 0. The fourth-order valence-electron chi connectivity index (χ4n) is 5.26. The van der Waals surface area contributed by atoms with E-state index in [4.69, 9.17) is 4.42 Å². The minimum atomic E-state index is 0.285. The van der Waals surface area contributed by atoms with Crippen LogP contribution in [-0.4, -0.2) is 23.7 Å². The van der Waals surface area contributed by atoms with Crippen molar-refractivity contribution < 1.29 is 4.42 Å². The van der Waals surface area contributed by atoms with Crippen molar-refractivity contribution in [2.75, 3.05) is 16.3 Å². The zero-order chi connectivity index (χ0) is 18.8. The van der Waals surface area contributed by atoms with Gasteiger partial charge in [-0.25, -0.2) is 4.98 Å². The SMILES string of the molecule is Cc1ccc2c(oc3ncccc32)c1N1C2CCN(c3ccccc3C2)[C@@H]1C. The molecule has 2 aromatic heterocycles. The van der Waals surface area contributed by atoms with Crippen LogP contribution >= 0.6 is 0 Å². The van der Waals surface area contributed by atoms with Crippen molar-refractivity contribution in [3.05, 3.63) is 65.9 Å². The molecule has 1 saturated heterocycles. The predicted octanol–water partition coefficient (Wildman–Crippen LogP) is 5.28. The molecule has 3 aliphatic rings. The van der Waals surface area contributed by atoms with Crippen molar-refractivity contribution in [3.63, 3.8) is 0 Å². The van der Waals surface area contributed by atoms with Gasteiger partial charge in [0, 0.05) is 35.2 Å². The molecule has 2 aromatic carbocycles. The molecule has 4 nitrogen and oxygen atoms in total. The number of anilines is 2. The van der Waals surface area contributed by atoms with Crippen molar-refractivity contribution in [1.82, 2.24) is 4.98 Å². The number of para-hydroxylation sites is 1. The molecule has 5 heterocycles. The topological polar surface area (TPSA) is 32.5 Å². The summed E-state index contributed by atoms with van der Waals surface area (Å²) in [5.41, 5.74) is 7.02. The summed E-state index contributed by atoms with van der Waals surface area (Å²) in [6.07, 6.45) is 4.32. The van der Waals surface area contributed by atoms with Crippen LogP contribution in [0.2, 0.25) is 0 Å². The largest absolute Gasteiger partial charge is 0.436 e. The number of aryl methyl sites for hydroxylation is 1. The third-order valence-electron chi connectivity index (χ3n) is 6.56. The molecule has 0 spiro atoms. The lowest BCUT2D eigenvalue weighted by atomic mass is 9.99. The van der Waals surface area contributed by atoms with Gasteiger partial charge in [0.2, 0.25) is 5.71 Å². The summed E-state index contributed by atoms with van der Waals surface area (Å²) >= 11 is 0. The van der Waals surface area contributed by atoms with Gasteiger partial charge in [-0.2, -0.15) is 0 Å². The van der Waals surface area contributed by atoms with Crippen LogP contribution in [0.1, 0.15) is 24.5 Å². The Morgan fingerprint density at radius 2 is 1.93 bits per heavy atom. The molecule has 2 bridgehead atoms. The number of rotatable bonds is 1. The van der Waals surface area contributed by atoms with Crippen LogP contribution in [0.3, 0.4) is 0 Å². The van der Waals surface area contributed by atoms with E-state index in [-0.39, 0.29) is 6.17 Å². The Balaban J connectivity index is 1.59. The summed E-state index contributed by atoms with van der Waals surface area (Å²) in [6.45, 7) is 5.63. The molecule has 2 atom stereocenters. The molecule has 0 amide bonds. The molecular formula is C24H23N3O. The molecular weight excluding hydrogens is 346 g/mol. The van der Waals surface area contributed by atoms with E-state index in [9.17, 15) is 0 Å². The van der Waals surface area contributed by atoms with E-state index in [2.05, 4.69) is 71.1 Å². The van der Waals surface area contributed by atoms with E-state index < -0.39 is 0 Å². The zero-order valence-corrected chi connectivity index (χ0v) is 16.2. The summed E-state index contributed by atoms with van der Waals surface area (Å²) < 4.78 is 6.32. The molecule has 1 unspecified atom stereocenters. The number of benzene rings is 2. The predicted molar refractivity (Wildman–Crippen MR) is 114 cm³/mol. The fraction of sp³-hybridized carbons (Fsp3) is 0.292. The molecule has 140 valence electrons. The maximum absolute atomic E-state index is 6.32. The van der Waals surface area contributed by atoms with Gasteiger partial charge in [0.25, 0.3) is 0 Å². The molecule has 4 aromatic rings. The molecule has 28 heavy (non-hydrogen) atoms. The van der Waals surface area contributed by atoms with Gasteiger partial charge in [0.05, 0.1) is 11.9 Å². The minimum Gasteiger partial charge on any atom is -0.436 e. The van der Waals surface area contributed by atoms with Crippen LogP contribution in [-0.2, 0) is 6.42 Å². The highest BCUT2D eigenvalue weighted by atomic mass is 16.3. The number of fused-ring (bicyclic) bond motifs is 5. The Labute approximate surface area is 164 Å². The normalized spacial score (nSPS) is 21.4. The zero-order valence-electron chi connectivity index (χ0n) is 16.2. The Kier molecular flexibility index (Phi) is 3.28. The quantitative estimate of drug-likeness (QED) is 0.457. The third kappa shape index (κ3) is 2.09. The van der Waals surface area contributed by atoms with Crippen molar-refractivity contribution in [1.29, 1.82) is 0 Å². The van der Waals surface area contributed by atoms with Gasteiger partial charge in [-0.3, -0.25) is 0 Å². The van der Waals surface area contributed by atoms with E-state index in [1.807, 2.05) is 6.07 Å². The molecule has 7 rings (SSSR count). The molecule has 0 saturated carbocycles. The highest BCUT2D eigenvalue weighted by molar-refractivity contribution is 6.08. The van der Waals surface area contributed by atoms with Crippen molar-refractivity contribution in [2.24, 2.45) is 0 Å². The molecule has 3 aliphatic heterocycles. The van der Waals surface area contributed by atoms with Crippen LogP contribution in [0, 0.1) is 6.92 Å². The molecule has 1 fully saturated rings. The second-order valence-corrected chi connectivity index (χ2v) is 8.07. The standard InChI is InChI=1S/C24H23N3O/c1-15-9-10-19-20-7-5-12-25-24(20)28-23(19)22(15)27-16(2)26-13-11-18(27)14-17-6-3-4-8-21(17)26/h3-10,12,16,18H,11,13-14H2,1-2H3/t16-,18?/m0/s1. The van der Waals surface area contributed by atoms with Gasteiger partial charge >= 0.3 is 0 Å². The third-order valence-corrected chi connectivity index (χ3v) is 6.56. The average Bonchev–Trinajstić information content (AvgIpc) is 2.91. The fourth-order valence-corrected chi connectivity index (χ4v) is 5.26. The Morgan fingerprint density at radius 1 is 1.04 bits per heavy atom. The lowest BCUT2D eigenvalue weighted by molar-refractivity contribution is 0.434. The lowest BCUT2D eigenvalue weighted by Gasteiger charge is -2.47. The summed E-state index contributed by atoms with van der Waals surface area (Å²) in [5, 5.41) is 2.25. The molecule has 0 aliphatic carbocycles. The minimum absolute atomic E-state index is 0.285. The molecule has 4 heteroatoms. The summed E-state index contributed by atoms with van der Waals surface area (Å²) in [5.74, 6) is 0. The van der Waals surface area contributed by atoms with Gasteiger partial charge in [-0.1, -0.05) is 30.3 Å². The van der Waals surface area contributed by atoms with Crippen LogP contribution in [0.25, 0.3) is 22.1 Å². The number of aromatic nitrogens is 1. The molecule has 0 N–H and O–H groups in total.